The van der Waals surface area contributed by atoms with Gasteiger partial charge in [0.1, 0.15) is 0 Å². The molecule has 7 heavy (non-hydrogen) atoms. The molecule has 0 N–H and O–H groups in total. The van der Waals surface area contributed by atoms with Crippen molar-refractivity contribution in [3.05, 3.63) is 0 Å². The van der Waals surface area contributed by atoms with Gasteiger partial charge in [0.25, 0.3) is 0 Å². The largest absolute Gasteiger partial charge is 0.307 e. The molecule has 0 aliphatic heterocycles. The summed E-state index contributed by atoms with van der Waals surface area (Å²) in [6.45, 7) is 6.64. The molecule has 0 aromatic carbocycles. The van der Waals surface area contributed by atoms with E-state index in [-0.39, 0.29) is 35.6 Å². The fraction of sp³-hybridized carbons (Fsp3) is 1.00. The van der Waals surface area contributed by atoms with E-state index < -0.39 is 0 Å². The van der Waals surface area contributed by atoms with Crippen LogP contribution in [-0.4, -0.2) is 25.0 Å². The van der Waals surface area contributed by atoms with E-state index in [1.807, 2.05) is 0 Å². The fourth-order valence-corrected chi connectivity index (χ4v) is 0.224. The van der Waals surface area contributed by atoms with Crippen molar-refractivity contribution in [3.63, 3.8) is 0 Å². The van der Waals surface area contributed by atoms with E-state index in [4.69, 9.17) is 0 Å². The Hall–Kier alpha value is 1.15. The minimum absolute atomic E-state index is 0. The standard InChI is InChI=1S/C5H13N.La/c1-4-6(3)5-2;/h4-5H2,1-3H3;. The van der Waals surface area contributed by atoms with E-state index in [0.717, 1.165) is 13.1 Å². The molecule has 0 atom stereocenters. The van der Waals surface area contributed by atoms with Gasteiger partial charge in [-0.2, -0.15) is 0 Å². The summed E-state index contributed by atoms with van der Waals surface area (Å²) in [6.07, 6.45) is 0. The van der Waals surface area contributed by atoms with Crippen molar-refractivity contribution in [1.29, 1.82) is 0 Å². The molecule has 0 bridgehead atoms. The molecular weight excluding hydrogens is 213 g/mol. The maximum Gasteiger partial charge on any atom is 0 e. The van der Waals surface area contributed by atoms with Crippen molar-refractivity contribution in [1.82, 2.24) is 4.90 Å². The molecule has 0 spiro atoms. The van der Waals surface area contributed by atoms with E-state index in [9.17, 15) is 0 Å². The molecule has 0 amide bonds. The van der Waals surface area contributed by atoms with Crippen LogP contribution < -0.4 is 0 Å². The molecule has 0 fully saturated rings. The SMILES string of the molecule is CCN(C)CC.[La]. The molecule has 0 saturated carbocycles. The van der Waals surface area contributed by atoms with Crippen LogP contribution in [0.3, 0.4) is 0 Å². The Kier molecular flexibility index (Phi) is 11.3. The van der Waals surface area contributed by atoms with Crippen LogP contribution in [0.1, 0.15) is 13.8 Å². The zero-order valence-corrected chi connectivity index (χ0v) is 9.06. The van der Waals surface area contributed by atoms with E-state index >= 15 is 0 Å². The smallest absolute Gasteiger partial charge is 0 e. The summed E-state index contributed by atoms with van der Waals surface area (Å²) in [6, 6.07) is 0. The summed E-state index contributed by atoms with van der Waals surface area (Å²) in [7, 11) is 2.11. The van der Waals surface area contributed by atoms with Crippen LogP contribution >= 0.6 is 0 Å². The summed E-state index contributed by atoms with van der Waals surface area (Å²) in [5.41, 5.74) is 0. The summed E-state index contributed by atoms with van der Waals surface area (Å²) in [5, 5.41) is 0. The molecule has 0 aromatic heterocycles. The third-order valence-corrected chi connectivity index (χ3v) is 1.08. The first-order valence-corrected chi connectivity index (χ1v) is 2.49. The van der Waals surface area contributed by atoms with Crippen molar-refractivity contribution in [2.45, 2.75) is 13.8 Å². The summed E-state index contributed by atoms with van der Waals surface area (Å²) in [4.78, 5) is 2.25. The third-order valence-electron chi connectivity index (χ3n) is 1.08. The van der Waals surface area contributed by atoms with Crippen molar-refractivity contribution >= 4 is 0 Å². The molecule has 0 aromatic rings. The zero-order chi connectivity index (χ0) is 4.99. The number of hydrogen-bond donors (Lipinski definition) is 0. The van der Waals surface area contributed by atoms with Crippen molar-refractivity contribution in [2.24, 2.45) is 0 Å². The Morgan fingerprint density at radius 1 is 1.14 bits per heavy atom. The van der Waals surface area contributed by atoms with Gasteiger partial charge in [-0.15, -0.1) is 0 Å². The summed E-state index contributed by atoms with van der Waals surface area (Å²) in [5.74, 6) is 0. The van der Waals surface area contributed by atoms with E-state index in [1.165, 1.54) is 0 Å². The predicted molar refractivity (Wildman–Crippen MR) is 28.8 cm³/mol. The number of rotatable bonds is 2. The fourth-order valence-electron chi connectivity index (χ4n) is 0.224. The molecule has 0 aliphatic carbocycles. The van der Waals surface area contributed by atoms with Crippen molar-refractivity contribution in [3.8, 4) is 0 Å². The number of nitrogens with zero attached hydrogens (tertiary/aromatic N) is 1. The molecule has 1 nitrogen and oxygen atoms in total. The van der Waals surface area contributed by atoms with Gasteiger partial charge in [0, 0.05) is 35.6 Å². The van der Waals surface area contributed by atoms with Gasteiger partial charge in [-0.3, -0.25) is 0 Å². The van der Waals surface area contributed by atoms with Crippen molar-refractivity contribution < 1.29 is 35.6 Å². The van der Waals surface area contributed by atoms with Gasteiger partial charge in [-0.1, -0.05) is 13.8 Å². The van der Waals surface area contributed by atoms with Gasteiger partial charge in [0.15, 0.2) is 0 Å². The minimum atomic E-state index is 0. The van der Waals surface area contributed by atoms with Crippen LogP contribution in [0.5, 0.6) is 0 Å². The summed E-state index contributed by atoms with van der Waals surface area (Å²) >= 11 is 0. The van der Waals surface area contributed by atoms with Crippen molar-refractivity contribution in [2.75, 3.05) is 20.1 Å². The monoisotopic (exact) mass is 226 g/mol. The van der Waals surface area contributed by atoms with Crippen LogP contribution in [0.4, 0.5) is 0 Å². The molecule has 0 heterocycles. The van der Waals surface area contributed by atoms with Crippen LogP contribution in [0.25, 0.3) is 0 Å². The second-order valence-corrected chi connectivity index (χ2v) is 1.49. The quantitative estimate of drug-likeness (QED) is 0.677. The Morgan fingerprint density at radius 3 is 1.43 bits per heavy atom. The first-order chi connectivity index (χ1) is 2.81. The van der Waals surface area contributed by atoms with Gasteiger partial charge < -0.3 is 4.90 Å². The summed E-state index contributed by atoms with van der Waals surface area (Å²) < 4.78 is 0. The predicted octanol–water partition coefficient (Wildman–Crippen LogP) is 0.958. The molecule has 0 aliphatic rings. The Bertz CT molecular complexity index is 27.3. The first-order valence-electron chi connectivity index (χ1n) is 2.49. The van der Waals surface area contributed by atoms with Crippen LogP contribution in [0.15, 0.2) is 0 Å². The molecule has 2 heteroatoms. The van der Waals surface area contributed by atoms with Gasteiger partial charge >= 0.3 is 0 Å². The zero-order valence-electron chi connectivity index (χ0n) is 5.44. The maximum absolute atomic E-state index is 2.25. The Labute approximate surface area is 74.1 Å². The molecule has 1 radical (unpaired) electrons. The normalized spacial score (nSPS) is 8.57. The maximum atomic E-state index is 2.25. The molecule has 41 valence electrons. The molecule has 0 unspecified atom stereocenters. The van der Waals surface area contributed by atoms with E-state index in [2.05, 4.69) is 25.8 Å². The van der Waals surface area contributed by atoms with E-state index in [0.29, 0.717) is 0 Å². The Balaban J connectivity index is 0. The van der Waals surface area contributed by atoms with Gasteiger partial charge in [0.2, 0.25) is 0 Å². The molecule has 0 saturated heterocycles. The van der Waals surface area contributed by atoms with Crippen LogP contribution in [0.2, 0.25) is 0 Å². The van der Waals surface area contributed by atoms with Gasteiger partial charge in [0.05, 0.1) is 0 Å². The molecular formula is C5H13LaN. The average molecular weight is 226 g/mol. The van der Waals surface area contributed by atoms with Crippen LogP contribution in [0, 0.1) is 35.6 Å². The number of hydrogen-bond acceptors (Lipinski definition) is 1. The average Bonchev–Trinajstić information content (AvgIpc) is 1.65. The topological polar surface area (TPSA) is 3.24 Å². The second-order valence-electron chi connectivity index (χ2n) is 1.49. The second kappa shape index (κ2) is 7.15. The van der Waals surface area contributed by atoms with E-state index in [1.54, 1.807) is 0 Å². The minimum Gasteiger partial charge on any atom is -0.307 e. The molecule has 0 rings (SSSR count). The van der Waals surface area contributed by atoms with Crippen LogP contribution in [-0.2, 0) is 0 Å². The Morgan fingerprint density at radius 2 is 1.43 bits per heavy atom. The van der Waals surface area contributed by atoms with Gasteiger partial charge in [-0.05, 0) is 20.1 Å². The first kappa shape index (κ1) is 11.0. The third kappa shape index (κ3) is 7.15. The van der Waals surface area contributed by atoms with Gasteiger partial charge in [-0.25, -0.2) is 0 Å².